The predicted octanol–water partition coefficient (Wildman–Crippen LogP) is 7.04. The second-order valence-corrected chi connectivity index (χ2v) is 19.5. The van der Waals surface area contributed by atoms with Crippen molar-refractivity contribution in [3.05, 3.63) is 75.2 Å². The number of nitrogens with one attached hydrogen (secondary N) is 1. The Balaban J connectivity index is 1.42. The van der Waals surface area contributed by atoms with Gasteiger partial charge >= 0.3 is 11.8 Å². The number of phenolic OH excluding ortho intramolecular Hbond substituents is 1. The number of nitrogens with zero attached hydrogens (tertiary/aromatic N) is 3. The van der Waals surface area contributed by atoms with E-state index in [1.807, 2.05) is 19.1 Å². The number of allylic oxidation sites excluding steroid dienone is 2. The topological polar surface area (TPSA) is 210 Å². The van der Waals surface area contributed by atoms with Crippen LogP contribution in [0.25, 0.3) is 33.3 Å². The molecule has 0 spiro atoms. The summed E-state index contributed by atoms with van der Waals surface area (Å²) in [7, 11) is 1.46. The molecule has 0 aromatic heterocycles. The molecule has 7 rings (SSSR count). The molecule has 1 amide bonds. The quantitative estimate of drug-likeness (QED) is 0.0899. The number of aliphatic hydroxyl groups excluding tert-OH is 2. The zero-order valence-corrected chi connectivity index (χ0v) is 41.1. The van der Waals surface area contributed by atoms with Crippen molar-refractivity contribution in [1.29, 1.82) is 0 Å². The number of benzene rings is 3. The number of esters is 1. The van der Waals surface area contributed by atoms with Gasteiger partial charge in [-0.25, -0.2) is 4.98 Å². The number of methoxy groups -OCH3 is 1. The minimum atomic E-state index is -2.03. The lowest BCUT2D eigenvalue weighted by molar-refractivity contribution is -0.160. The van der Waals surface area contributed by atoms with E-state index < -0.39 is 82.7 Å². The summed E-state index contributed by atoms with van der Waals surface area (Å²) < 4.78 is 30.7. The summed E-state index contributed by atoms with van der Waals surface area (Å²) in [5.74, 6) is -6.54. The Kier molecular flexibility index (Phi) is 14.5. The van der Waals surface area contributed by atoms with Crippen molar-refractivity contribution in [1.82, 2.24) is 9.88 Å². The highest BCUT2D eigenvalue weighted by atomic mass is 16.7. The summed E-state index contributed by atoms with van der Waals surface area (Å²) in [6.45, 7) is 23.4. The molecule has 4 aliphatic heterocycles. The highest BCUT2D eigenvalue weighted by Gasteiger charge is 2.50. The van der Waals surface area contributed by atoms with E-state index >= 15 is 0 Å². The number of carbonyl (C=O) groups is 3. The number of phenols is 1. The molecule has 1 saturated heterocycles. The van der Waals surface area contributed by atoms with E-state index in [1.54, 1.807) is 46.8 Å². The molecule has 16 heteroatoms. The number of rotatable bonds is 5. The molecule has 16 nitrogen and oxygen atoms in total. The molecular weight excluding hydrogens is 873 g/mol. The summed E-state index contributed by atoms with van der Waals surface area (Å²) in [5, 5.41) is 37.4. The zero-order chi connectivity index (χ0) is 49.7. The first-order valence-corrected chi connectivity index (χ1v) is 23.5. The van der Waals surface area contributed by atoms with Crippen molar-refractivity contribution in [2.45, 2.75) is 106 Å². The third kappa shape index (κ3) is 9.35. The molecule has 0 radical (unpaired) electrons. The first kappa shape index (κ1) is 50.1. The van der Waals surface area contributed by atoms with Crippen LogP contribution in [-0.2, 0) is 23.8 Å². The Morgan fingerprint density at radius 3 is 2.31 bits per heavy atom. The second kappa shape index (κ2) is 19.7. The molecular formula is C52H66N4O12. The van der Waals surface area contributed by atoms with Crippen LogP contribution in [0.1, 0.15) is 83.8 Å². The average molecular weight is 939 g/mol. The fourth-order valence-electron chi connectivity index (χ4n) is 9.94. The maximum Gasteiger partial charge on any atom is 0.312 e. The van der Waals surface area contributed by atoms with Gasteiger partial charge in [0.25, 0.3) is 11.7 Å². The van der Waals surface area contributed by atoms with Gasteiger partial charge in [0.2, 0.25) is 5.43 Å². The van der Waals surface area contributed by atoms with Gasteiger partial charge in [-0.05, 0) is 44.4 Å². The molecule has 4 bridgehead atoms. The monoisotopic (exact) mass is 938 g/mol. The lowest BCUT2D eigenvalue weighted by Gasteiger charge is -2.38. The lowest BCUT2D eigenvalue weighted by Crippen LogP contribution is -2.47. The predicted molar refractivity (Wildman–Crippen MR) is 259 cm³/mol. The van der Waals surface area contributed by atoms with Crippen molar-refractivity contribution < 1.29 is 53.1 Å². The van der Waals surface area contributed by atoms with Gasteiger partial charge in [0.05, 0.1) is 35.5 Å². The minimum absolute atomic E-state index is 0.0258. The van der Waals surface area contributed by atoms with Crippen LogP contribution in [-0.4, -0.2) is 113 Å². The number of piperazine rings is 1. The number of ether oxygens (including phenoxy) is 4. The summed E-state index contributed by atoms with van der Waals surface area (Å²) in [6.07, 6.45) is 3.71. The maximum absolute atomic E-state index is 14.9. The van der Waals surface area contributed by atoms with Crippen LogP contribution in [0.15, 0.2) is 57.5 Å². The summed E-state index contributed by atoms with van der Waals surface area (Å²) >= 11 is 0. The maximum atomic E-state index is 14.9. The standard InChI is InChI=1S/C52H66N4O12/c1-25(2)24-55-17-19-56(20-18-55)34-22-28(5)40-36(23-34)67-49-41(53-40)37-38-45(60)32(9)48-39(37)50(62)52(11,68-48)65-21-16-35(64-12)29(6)47(66-33(10)57)31(8)44(59)30(7)43(58)26(3)14-13-15-27(4)51(63)54-42(49)46(38)61/h13-16,21-23,25-26,29-31,35,43-44,47,58-60H,17-20,24H2,1-12H3,(H,54,63)/b14-13+,21-16+,27-15-/t26-,29+,30+,31+,35-,43-,44+,47+,52-/m0/s1. The van der Waals surface area contributed by atoms with Crippen LogP contribution in [0, 0.1) is 43.4 Å². The molecule has 1 aliphatic carbocycles. The van der Waals surface area contributed by atoms with Crippen LogP contribution in [0.5, 0.6) is 11.5 Å². The number of aliphatic hydroxyl groups is 2. The van der Waals surface area contributed by atoms with Crippen LogP contribution < -0.4 is 20.4 Å². The average Bonchev–Trinajstić information content (AvgIpc) is 3.56. The van der Waals surface area contributed by atoms with Crippen molar-refractivity contribution in [2.24, 2.45) is 29.6 Å². The molecule has 68 heavy (non-hydrogen) atoms. The van der Waals surface area contributed by atoms with Crippen molar-refractivity contribution in [2.75, 3.05) is 50.1 Å². The highest BCUT2D eigenvalue weighted by molar-refractivity contribution is 6.22. The molecule has 366 valence electrons. The van der Waals surface area contributed by atoms with E-state index in [4.69, 9.17) is 28.3 Å². The van der Waals surface area contributed by atoms with E-state index in [0.717, 1.165) is 44.0 Å². The molecule has 4 N–H and O–H groups in total. The van der Waals surface area contributed by atoms with Crippen LogP contribution in [0.4, 0.5) is 11.4 Å². The van der Waals surface area contributed by atoms with Crippen LogP contribution in [0.3, 0.4) is 0 Å². The van der Waals surface area contributed by atoms with Gasteiger partial charge in [0.1, 0.15) is 34.5 Å². The van der Waals surface area contributed by atoms with Gasteiger partial charge in [0.15, 0.2) is 11.3 Å². The number of amides is 1. The van der Waals surface area contributed by atoms with Gasteiger partial charge in [0, 0.05) is 106 Å². The first-order chi connectivity index (χ1) is 32.1. The van der Waals surface area contributed by atoms with Crippen molar-refractivity contribution in [3.8, 4) is 23.0 Å². The Morgan fingerprint density at radius 2 is 1.66 bits per heavy atom. The Labute approximate surface area is 396 Å². The van der Waals surface area contributed by atoms with Crippen LogP contribution >= 0.6 is 0 Å². The molecule has 2 aromatic carbocycles. The number of aromatic nitrogens is 1. The summed E-state index contributed by atoms with van der Waals surface area (Å²) in [5.41, 5.74) is 1.53. The summed E-state index contributed by atoms with van der Waals surface area (Å²) in [6, 6.07) is 3.89. The van der Waals surface area contributed by atoms with Gasteiger partial charge in [-0.3, -0.25) is 24.1 Å². The fraction of sp³-hybridized carbons (Fsp3) is 0.519. The van der Waals surface area contributed by atoms with Gasteiger partial charge < -0.3 is 48.9 Å². The smallest absolute Gasteiger partial charge is 0.312 e. The van der Waals surface area contributed by atoms with Gasteiger partial charge in [-0.1, -0.05) is 59.8 Å². The number of Topliss-reactive ketones (excluding diaryl/α,β-unsaturated/α-hetero) is 1. The van der Waals surface area contributed by atoms with E-state index in [2.05, 4.69) is 29.0 Å². The summed E-state index contributed by atoms with van der Waals surface area (Å²) in [4.78, 5) is 66.1. The minimum Gasteiger partial charge on any atom is -0.507 e. The normalized spacial score (nSPS) is 29.5. The second-order valence-electron chi connectivity index (χ2n) is 19.5. The number of fused-ring (bicyclic) bond motifs is 2. The van der Waals surface area contributed by atoms with Crippen molar-refractivity contribution >= 4 is 50.9 Å². The Morgan fingerprint density at radius 1 is 0.971 bits per heavy atom. The zero-order valence-electron chi connectivity index (χ0n) is 41.1. The van der Waals surface area contributed by atoms with E-state index in [-0.39, 0.29) is 50.4 Å². The van der Waals surface area contributed by atoms with E-state index in [0.29, 0.717) is 17.0 Å². The van der Waals surface area contributed by atoms with Gasteiger partial charge in [-0.15, -0.1) is 0 Å². The van der Waals surface area contributed by atoms with Gasteiger partial charge in [-0.2, -0.15) is 0 Å². The van der Waals surface area contributed by atoms with E-state index in [9.17, 15) is 34.5 Å². The molecule has 9 atom stereocenters. The molecule has 2 aromatic rings. The third-order valence-electron chi connectivity index (χ3n) is 14.0. The number of carbonyl (C=O) groups excluding carboxylic acids is 3. The lowest BCUT2D eigenvalue weighted by atomic mass is 9.78. The van der Waals surface area contributed by atoms with Crippen LogP contribution in [0.2, 0.25) is 0 Å². The molecule has 0 unspecified atom stereocenters. The number of aromatic hydroxyl groups is 1. The Hall–Kier alpha value is -5.81. The van der Waals surface area contributed by atoms with Crippen molar-refractivity contribution in [3.63, 3.8) is 0 Å². The fourth-order valence-corrected chi connectivity index (χ4v) is 9.94. The Bertz CT molecular complexity index is 2730. The SMILES string of the molecule is CO[C@H]1/C=C/O[C@@]2(C)Oc3c(C)c(O)c4c(=O)c(c5oc6cc(N7CCN(CC(C)C)CC7)cc(C)c6nc-5c4c3C2=O)NC(=O)/C(C)=C\C=C\[C@H](C)[C@H](O)[C@@H](C)[C@@H](O)[C@@H](C)[C@H](OC(C)=O)[C@@H]1C. The number of hydrogen-bond donors (Lipinski definition) is 4. The molecule has 4 heterocycles. The molecule has 5 aliphatic rings. The number of anilines is 2. The first-order valence-electron chi connectivity index (χ1n) is 23.5. The van der Waals surface area contributed by atoms with E-state index in [1.165, 1.54) is 46.3 Å². The largest absolute Gasteiger partial charge is 0.507 e. The highest BCUT2D eigenvalue weighted by Crippen LogP contribution is 2.51. The number of ketones is 1. The third-order valence-corrected chi connectivity index (χ3v) is 14.0. The molecule has 1 fully saturated rings. The number of hydrogen-bond acceptors (Lipinski definition) is 15. The molecule has 0 saturated carbocycles. The number of aryl methyl sites for hydroxylation is 1.